The molecule has 0 unspecified atom stereocenters. The van der Waals surface area contributed by atoms with Gasteiger partial charge in [0.2, 0.25) is 5.91 Å². The summed E-state index contributed by atoms with van der Waals surface area (Å²) >= 11 is 0. The summed E-state index contributed by atoms with van der Waals surface area (Å²) in [5, 5.41) is 11.3. The minimum absolute atomic E-state index is 0.311. The molecule has 2 atom stereocenters. The van der Waals surface area contributed by atoms with Crippen molar-refractivity contribution in [2.24, 2.45) is 0 Å². The van der Waals surface area contributed by atoms with Gasteiger partial charge in [-0.2, -0.15) is 0 Å². The molecule has 0 aliphatic heterocycles. The lowest BCUT2D eigenvalue weighted by molar-refractivity contribution is -0.146. The van der Waals surface area contributed by atoms with Gasteiger partial charge in [0.1, 0.15) is 0 Å². The van der Waals surface area contributed by atoms with Gasteiger partial charge >= 0.3 is 5.97 Å². The molecule has 2 N–H and O–H groups in total. The average Bonchev–Trinajstić information content (AvgIpc) is 2.34. The number of rotatable bonds is 6. The first kappa shape index (κ1) is 14.2. The van der Waals surface area contributed by atoms with E-state index in [1.54, 1.807) is 6.92 Å². The normalized spacial score (nSPS) is 13.7. The Labute approximate surface area is 106 Å². The van der Waals surface area contributed by atoms with Crippen molar-refractivity contribution >= 4 is 11.9 Å². The summed E-state index contributed by atoms with van der Waals surface area (Å²) in [6.07, 6.45) is -0.605. The van der Waals surface area contributed by atoms with E-state index in [9.17, 15) is 9.59 Å². The lowest BCUT2D eigenvalue weighted by atomic mass is 10.1. The van der Waals surface area contributed by atoms with E-state index >= 15 is 0 Å². The van der Waals surface area contributed by atoms with E-state index < -0.39 is 24.0 Å². The number of benzene rings is 1. The van der Waals surface area contributed by atoms with E-state index in [1.807, 2.05) is 30.3 Å². The van der Waals surface area contributed by atoms with E-state index in [-0.39, 0.29) is 0 Å². The van der Waals surface area contributed by atoms with Gasteiger partial charge in [0, 0.05) is 6.92 Å². The van der Waals surface area contributed by atoms with Gasteiger partial charge in [0.25, 0.3) is 0 Å². The van der Waals surface area contributed by atoms with Gasteiger partial charge in [-0.15, -0.1) is 0 Å². The van der Waals surface area contributed by atoms with E-state index in [4.69, 9.17) is 9.84 Å². The molecule has 18 heavy (non-hydrogen) atoms. The summed E-state index contributed by atoms with van der Waals surface area (Å²) in [7, 11) is 0. The Morgan fingerprint density at radius 3 is 2.44 bits per heavy atom. The molecule has 0 aliphatic rings. The molecule has 5 heteroatoms. The van der Waals surface area contributed by atoms with Gasteiger partial charge in [0.15, 0.2) is 6.04 Å². The second-order valence-corrected chi connectivity index (χ2v) is 4.02. The minimum atomic E-state index is -1.11. The first-order chi connectivity index (χ1) is 8.50. The lowest BCUT2D eigenvalue weighted by Crippen LogP contribution is -2.47. The second-order valence-electron chi connectivity index (χ2n) is 4.02. The number of amides is 1. The summed E-state index contributed by atoms with van der Waals surface area (Å²) in [6, 6.07) is 8.40. The summed E-state index contributed by atoms with van der Waals surface area (Å²) < 4.78 is 5.46. The number of carbonyl (C=O) groups excluding carboxylic acids is 1. The van der Waals surface area contributed by atoms with Crippen LogP contribution in [-0.4, -0.2) is 29.1 Å². The van der Waals surface area contributed by atoms with Gasteiger partial charge in [0.05, 0.1) is 12.7 Å². The van der Waals surface area contributed by atoms with Crippen molar-refractivity contribution in [2.75, 3.05) is 0 Å². The van der Waals surface area contributed by atoms with Gasteiger partial charge < -0.3 is 15.2 Å². The SMILES string of the molecule is CC(=O)N[C@H](C(=O)O)[C@@H](C)OCc1ccccc1. The highest BCUT2D eigenvalue weighted by Gasteiger charge is 2.26. The predicted molar refractivity (Wildman–Crippen MR) is 65.9 cm³/mol. The molecule has 0 saturated carbocycles. The third-order valence-electron chi connectivity index (χ3n) is 2.45. The van der Waals surface area contributed by atoms with Crippen LogP contribution in [0.3, 0.4) is 0 Å². The molecule has 0 aromatic heterocycles. The summed E-state index contributed by atoms with van der Waals surface area (Å²) in [5.74, 6) is -1.50. The van der Waals surface area contributed by atoms with Crippen LogP contribution in [0.4, 0.5) is 0 Å². The second kappa shape index (κ2) is 6.76. The molecule has 0 radical (unpaired) electrons. The standard InChI is InChI=1S/C13H17NO4/c1-9(12(13(16)17)14-10(2)15)18-8-11-6-4-3-5-7-11/h3-7,9,12H,8H2,1-2H3,(H,14,15)(H,16,17)/t9-,12+/m1/s1. The minimum Gasteiger partial charge on any atom is -0.480 e. The maximum atomic E-state index is 11.0. The Morgan fingerprint density at radius 2 is 1.94 bits per heavy atom. The number of carboxylic acid groups (broad SMARTS) is 1. The van der Waals surface area contributed by atoms with Gasteiger partial charge in [-0.05, 0) is 12.5 Å². The smallest absolute Gasteiger partial charge is 0.328 e. The zero-order valence-electron chi connectivity index (χ0n) is 10.4. The van der Waals surface area contributed by atoms with E-state index in [0.29, 0.717) is 6.61 Å². The molecular weight excluding hydrogens is 234 g/mol. The Hall–Kier alpha value is -1.88. The topological polar surface area (TPSA) is 75.6 Å². The third-order valence-corrected chi connectivity index (χ3v) is 2.45. The number of carboxylic acids is 1. The van der Waals surface area contributed by atoms with Crippen LogP contribution in [0, 0.1) is 0 Å². The van der Waals surface area contributed by atoms with Crippen LogP contribution in [0.15, 0.2) is 30.3 Å². The van der Waals surface area contributed by atoms with Gasteiger partial charge in [-0.25, -0.2) is 4.79 Å². The van der Waals surface area contributed by atoms with Gasteiger partial charge in [-0.3, -0.25) is 4.79 Å². The van der Waals surface area contributed by atoms with Crippen molar-refractivity contribution in [1.29, 1.82) is 0 Å². The molecule has 0 heterocycles. The van der Waals surface area contributed by atoms with Crippen molar-refractivity contribution in [2.45, 2.75) is 32.6 Å². The van der Waals surface area contributed by atoms with Crippen LogP contribution in [0.2, 0.25) is 0 Å². The molecule has 98 valence electrons. The molecule has 5 nitrogen and oxygen atoms in total. The predicted octanol–water partition coefficient (Wildman–Crippen LogP) is 1.18. The Kier molecular flexibility index (Phi) is 5.32. The Morgan fingerprint density at radius 1 is 1.33 bits per heavy atom. The average molecular weight is 251 g/mol. The largest absolute Gasteiger partial charge is 0.480 e. The molecular formula is C13H17NO4. The van der Waals surface area contributed by atoms with Crippen LogP contribution >= 0.6 is 0 Å². The van der Waals surface area contributed by atoms with E-state index in [0.717, 1.165) is 5.56 Å². The summed E-state index contributed by atoms with van der Waals surface area (Å²) in [6.45, 7) is 3.21. The molecule has 0 fully saturated rings. The summed E-state index contributed by atoms with van der Waals surface area (Å²) in [5.41, 5.74) is 0.955. The maximum Gasteiger partial charge on any atom is 0.328 e. The number of carbonyl (C=O) groups is 2. The Balaban J connectivity index is 2.54. The maximum absolute atomic E-state index is 11.0. The van der Waals surface area contributed by atoms with Crippen LogP contribution in [-0.2, 0) is 20.9 Å². The molecule has 0 aliphatic carbocycles. The molecule has 0 bridgehead atoms. The molecule has 1 aromatic rings. The highest BCUT2D eigenvalue weighted by molar-refractivity contribution is 5.82. The Bertz CT molecular complexity index is 405. The van der Waals surface area contributed by atoms with Gasteiger partial charge in [-0.1, -0.05) is 30.3 Å². The number of ether oxygens (including phenoxy) is 1. The van der Waals surface area contributed by atoms with Crippen molar-refractivity contribution in [3.63, 3.8) is 0 Å². The van der Waals surface area contributed by atoms with Crippen molar-refractivity contribution in [3.05, 3.63) is 35.9 Å². The first-order valence-corrected chi connectivity index (χ1v) is 5.66. The highest BCUT2D eigenvalue weighted by atomic mass is 16.5. The molecule has 1 rings (SSSR count). The fourth-order valence-electron chi connectivity index (χ4n) is 1.50. The highest BCUT2D eigenvalue weighted by Crippen LogP contribution is 2.06. The fraction of sp³-hybridized carbons (Fsp3) is 0.385. The molecule has 1 amide bonds. The van der Waals surface area contributed by atoms with Crippen molar-refractivity contribution in [1.82, 2.24) is 5.32 Å². The van der Waals surface area contributed by atoms with Crippen LogP contribution in [0.25, 0.3) is 0 Å². The number of hydrogen-bond donors (Lipinski definition) is 2. The first-order valence-electron chi connectivity index (χ1n) is 5.66. The zero-order valence-corrected chi connectivity index (χ0v) is 10.4. The van der Waals surface area contributed by atoms with Crippen LogP contribution in [0.1, 0.15) is 19.4 Å². The molecule has 0 spiro atoms. The number of aliphatic carboxylic acids is 1. The van der Waals surface area contributed by atoms with E-state index in [1.165, 1.54) is 6.92 Å². The lowest BCUT2D eigenvalue weighted by Gasteiger charge is -2.21. The zero-order chi connectivity index (χ0) is 13.5. The number of nitrogens with one attached hydrogen (secondary N) is 1. The van der Waals surface area contributed by atoms with E-state index in [2.05, 4.69) is 5.32 Å². The fourth-order valence-corrected chi connectivity index (χ4v) is 1.50. The molecule has 0 saturated heterocycles. The quantitative estimate of drug-likeness (QED) is 0.796. The summed E-state index contributed by atoms with van der Waals surface area (Å²) in [4.78, 5) is 21.9. The monoisotopic (exact) mass is 251 g/mol. The van der Waals surface area contributed by atoms with Crippen LogP contribution in [0.5, 0.6) is 0 Å². The van der Waals surface area contributed by atoms with Crippen molar-refractivity contribution < 1.29 is 19.4 Å². The van der Waals surface area contributed by atoms with Crippen LogP contribution < -0.4 is 5.32 Å². The molecule has 1 aromatic carbocycles. The number of hydrogen-bond acceptors (Lipinski definition) is 3. The third kappa shape index (κ3) is 4.55. The van der Waals surface area contributed by atoms with Crippen molar-refractivity contribution in [3.8, 4) is 0 Å².